The van der Waals surface area contributed by atoms with Gasteiger partial charge in [0.15, 0.2) is 5.78 Å². The van der Waals surface area contributed by atoms with E-state index < -0.39 is 0 Å². The second kappa shape index (κ2) is 5.01. The van der Waals surface area contributed by atoms with E-state index in [1.54, 1.807) is 0 Å². The largest absolute Gasteiger partial charge is 0.316 e. The summed E-state index contributed by atoms with van der Waals surface area (Å²) in [4.78, 5) is 12.5. The number of rotatable bonds is 2. The Morgan fingerprint density at radius 1 is 1.24 bits per heavy atom. The number of carbonyl (C=O) groups is 1. The molecule has 92 valence electrons. The predicted molar refractivity (Wildman–Crippen MR) is 70.6 cm³/mol. The van der Waals surface area contributed by atoms with Crippen LogP contribution in [0.5, 0.6) is 0 Å². The van der Waals surface area contributed by atoms with Crippen LogP contribution in [0.2, 0.25) is 0 Å². The molecule has 1 N–H and O–H groups in total. The number of benzene rings is 1. The molecule has 2 rings (SSSR count). The molecule has 0 bridgehead atoms. The molecule has 1 atom stereocenters. The van der Waals surface area contributed by atoms with E-state index in [2.05, 4.69) is 24.4 Å². The van der Waals surface area contributed by atoms with Crippen LogP contribution in [0.25, 0.3) is 0 Å². The monoisotopic (exact) mass is 231 g/mol. The number of nitrogens with one attached hydrogen (secondary N) is 1. The Morgan fingerprint density at radius 3 is 2.41 bits per heavy atom. The average Bonchev–Trinajstić information content (AvgIpc) is 2.28. The van der Waals surface area contributed by atoms with Gasteiger partial charge in [-0.2, -0.15) is 0 Å². The molecule has 17 heavy (non-hydrogen) atoms. The van der Waals surface area contributed by atoms with Crippen LogP contribution in [0.15, 0.2) is 12.1 Å². The Kier molecular flexibility index (Phi) is 3.63. The Balaban J connectivity index is 2.30. The Hall–Kier alpha value is -1.15. The Labute approximate surface area is 103 Å². The van der Waals surface area contributed by atoms with Gasteiger partial charge in [0.05, 0.1) is 0 Å². The maximum Gasteiger partial charge on any atom is 0.167 e. The van der Waals surface area contributed by atoms with E-state index in [0.29, 0.717) is 5.78 Å². The van der Waals surface area contributed by atoms with Crippen LogP contribution < -0.4 is 5.32 Å². The van der Waals surface area contributed by atoms with Crippen molar-refractivity contribution in [3.8, 4) is 0 Å². The van der Waals surface area contributed by atoms with E-state index >= 15 is 0 Å². The van der Waals surface area contributed by atoms with Crippen LogP contribution in [0, 0.1) is 26.7 Å². The third kappa shape index (κ3) is 2.58. The first-order chi connectivity index (χ1) is 8.09. The fourth-order valence-electron chi connectivity index (χ4n) is 2.85. The zero-order valence-corrected chi connectivity index (χ0v) is 11.0. The summed E-state index contributed by atoms with van der Waals surface area (Å²) in [6.45, 7) is 8.06. The molecule has 0 amide bonds. The second-order valence-electron chi connectivity index (χ2n) is 5.18. The van der Waals surface area contributed by atoms with Crippen LogP contribution >= 0.6 is 0 Å². The first-order valence-corrected chi connectivity index (χ1v) is 6.42. The number of Topliss-reactive ketones (excluding diaryl/α,β-unsaturated/α-hetero) is 1. The number of hydrogen-bond donors (Lipinski definition) is 1. The van der Waals surface area contributed by atoms with Crippen molar-refractivity contribution in [2.24, 2.45) is 5.92 Å². The van der Waals surface area contributed by atoms with Crippen LogP contribution in [0.3, 0.4) is 0 Å². The first kappa shape index (κ1) is 12.3. The summed E-state index contributed by atoms with van der Waals surface area (Å²) in [5.74, 6) is 0.496. The van der Waals surface area contributed by atoms with Crippen molar-refractivity contribution in [3.63, 3.8) is 0 Å². The average molecular weight is 231 g/mol. The SMILES string of the molecule is Cc1cc(C)c(C(=O)C2CCCNC2)c(C)c1. The zero-order valence-electron chi connectivity index (χ0n) is 11.0. The van der Waals surface area contributed by atoms with Gasteiger partial charge in [0.25, 0.3) is 0 Å². The molecule has 1 aliphatic heterocycles. The fraction of sp³-hybridized carbons (Fsp3) is 0.533. The lowest BCUT2D eigenvalue weighted by Crippen LogP contribution is -2.35. The summed E-state index contributed by atoms with van der Waals surface area (Å²) in [6, 6.07) is 4.22. The first-order valence-electron chi connectivity index (χ1n) is 6.42. The summed E-state index contributed by atoms with van der Waals surface area (Å²) in [6.07, 6.45) is 2.14. The highest BCUT2D eigenvalue weighted by molar-refractivity contribution is 6.00. The highest BCUT2D eigenvalue weighted by atomic mass is 16.1. The summed E-state index contributed by atoms with van der Waals surface area (Å²) in [5.41, 5.74) is 4.43. The summed E-state index contributed by atoms with van der Waals surface area (Å²) in [7, 11) is 0. The molecule has 1 saturated heterocycles. The molecule has 1 heterocycles. The normalized spacial score (nSPS) is 20.3. The molecule has 0 aliphatic carbocycles. The minimum Gasteiger partial charge on any atom is -0.316 e. The van der Waals surface area contributed by atoms with Crippen molar-refractivity contribution in [1.82, 2.24) is 5.32 Å². The molecule has 0 radical (unpaired) electrons. The quantitative estimate of drug-likeness (QED) is 0.793. The maximum atomic E-state index is 12.5. The topological polar surface area (TPSA) is 29.1 Å². The number of hydrogen-bond acceptors (Lipinski definition) is 2. The van der Waals surface area contributed by atoms with Gasteiger partial charge in [-0.15, -0.1) is 0 Å². The molecule has 2 heteroatoms. The van der Waals surface area contributed by atoms with E-state index in [-0.39, 0.29) is 5.92 Å². The minimum absolute atomic E-state index is 0.170. The zero-order chi connectivity index (χ0) is 12.4. The molecule has 1 unspecified atom stereocenters. The van der Waals surface area contributed by atoms with Crippen LogP contribution in [0.1, 0.15) is 39.9 Å². The number of aryl methyl sites for hydroxylation is 3. The number of ketones is 1. The maximum absolute atomic E-state index is 12.5. The molecule has 1 aliphatic rings. The summed E-state index contributed by atoms with van der Waals surface area (Å²) >= 11 is 0. The van der Waals surface area contributed by atoms with Gasteiger partial charge in [-0.1, -0.05) is 17.7 Å². The van der Waals surface area contributed by atoms with Crippen molar-refractivity contribution in [3.05, 3.63) is 34.4 Å². The Morgan fingerprint density at radius 2 is 1.88 bits per heavy atom. The molecule has 0 aromatic heterocycles. The van der Waals surface area contributed by atoms with Crippen LogP contribution in [-0.2, 0) is 0 Å². The van der Waals surface area contributed by atoms with Gasteiger partial charge < -0.3 is 5.32 Å². The van der Waals surface area contributed by atoms with Gasteiger partial charge >= 0.3 is 0 Å². The summed E-state index contributed by atoms with van der Waals surface area (Å²) < 4.78 is 0. The van der Waals surface area contributed by atoms with Crippen molar-refractivity contribution >= 4 is 5.78 Å². The van der Waals surface area contributed by atoms with E-state index in [0.717, 1.165) is 42.6 Å². The van der Waals surface area contributed by atoms with E-state index in [9.17, 15) is 4.79 Å². The van der Waals surface area contributed by atoms with Crippen LogP contribution in [-0.4, -0.2) is 18.9 Å². The molecule has 0 spiro atoms. The molecule has 2 nitrogen and oxygen atoms in total. The highest BCUT2D eigenvalue weighted by Crippen LogP contribution is 2.23. The molecule has 1 fully saturated rings. The predicted octanol–water partition coefficient (Wildman–Crippen LogP) is 2.79. The number of carbonyl (C=O) groups excluding carboxylic acids is 1. The molecule has 1 aromatic carbocycles. The van der Waals surface area contributed by atoms with Gasteiger partial charge in [-0.3, -0.25) is 4.79 Å². The van der Waals surface area contributed by atoms with Gasteiger partial charge in [-0.05, 0) is 51.3 Å². The standard InChI is InChI=1S/C15H21NO/c1-10-7-11(2)14(12(3)8-10)15(17)13-5-4-6-16-9-13/h7-8,13,16H,4-6,9H2,1-3H3. The van der Waals surface area contributed by atoms with E-state index in [1.807, 2.05) is 13.8 Å². The van der Waals surface area contributed by atoms with E-state index in [1.165, 1.54) is 5.56 Å². The molecule has 0 saturated carbocycles. The number of piperidine rings is 1. The van der Waals surface area contributed by atoms with Crippen molar-refractivity contribution < 1.29 is 4.79 Å². The summed E-state index contributed by atoms with van der Waals surface area (Å²) in [5, 5.41) is 3.31. The van der Waals surface area contributed by atoms with Gasteiger partial charge in [0.2, 0.25) is 0 Å². The Bertz CT molecular complexity index is 408. The van der Waals surface area contributed by atoms with Crippen molar-refractivity contribution in [1.29, 1.82) is 0 Å². The molecular formula is C15H21NO. The molecular weight excluding hydrogens is 210 g/mol. The minimum atomic E-state index is 0.170. The smallest absolute Gasteiger partial charge is 0.167 e. The highest BCUT2D eigenvalue weighted by Gasteiger charge is 2.24. The van der Waals surface area contributed by atoms with Crippen molar-refractivity contribution in [2.75, 3.05) is 13.1 Å². The lowest BCUT2D eigenvalue weighted by Gasteiger charge is -2.23. The lowest BCUT2D eigenvalue weighted by molar-refractivity contribution is 0.0898. The second-order valence-corrected chi connectivity index (χ2v) is 5.18. The van der Waals surface area contributed by atoms with E-state index in [4.69, 9.17) is 0 Å². The van der Waals surface area contributed by atoms with Gasteiger partial charge in [0.1, 0.15) is 0 Å². The van der Waals surface area contributed by atoms with Crippen LogP contribution in [0.4, 0.5) is 0 Å². The lowest BCUT2D eigenvalue weighted by atomic mass is 9.86. The van der Waals surface area contributed by atoms with Crippen molar-refractivity contribution in [2.45, 2.75) is 33.6 Å². The fourth-order valence-corrected chi connectivity index (χ4v) is 2.85. The third-order valence-corrected chi connectivity index (χ3v) is 3.59. The molecule has 1 aromatic rings. The van der Waals surface area contributed by atoms with Gasteiger partial charge in [0, 0.05) is 18.0 Å². The van der Waals surface area contributed by atoms with Gasteiger partial charge in [-0.25, -0.2) is 0 Å². The third-order valence-electron chi connectivity index (χ3n) is 3.59.